The van der Waals surface area contributed by atoms with Crippen LogP contribution in [0.1, 0.15) is 19.4 Å². The molecule has 0 saturated heterocycles. The molecule has 2 rings (SSSR count). The number of anilines is 2. The molecule has 142 valence electrons. The van der Waals surface area contributed by atoms with Crippen molar-refractivity contribution in [1.29, 1.82) is 0 Å². The minimum absolute atomic E-state index is 0.250. The van der Waals surface area contributed by atoms with Crippen LogP contribution in [0.15, 0.2) is 47.6 Å². The number of amides is 2. The van der Waals surface area contributed by atoms with Crippen LogP contribution >= 0.6 is 23.2 Å². The van der Waals surface area contributed by atoms with Crippen LogP contribution in [0, 0.1) is 0 Å². The Bertz CT molecular complexity index is 834. The summed E-state index contributed by atoms with van der Waals surface area (Å²) in [6, 6.07) is 12.3. The Labute approximate surface area is 168 Å². The molecule has 27 heavy (non-hydrogen) atoms. The zero-order valence-electron chi connectivity index (χ0n) is 15.0. The predicted octanol–water partition coefficient (Wildman–Crippen LogP) is 3.93. The van der Waals surface area contributed by atoms with Crippen molar-refractivity contribution < 1.29 is 9.59 Å². The van der Waals surface area contributed by atoms with Crippen LogP contribution in [0.25, 0.3) is 0 Å². The van der Waals surface area contributed by atoms with Gasteiger partial charge in [0.25, 0.3) is 0 Å². The van der Waals surface area contributed by atoms with Crippen molar-refractivity contribution in [3.63, 3.8) is 0 Å². The number of nitrogens with zero attached hydrogens (tertiary/aromatic N) is 2. The van der Waals surface area contributed by atoms with Gasteiger partial charge in [0.05, 0.1) is 16.9 Å². The molecular weight excluding hydrogens is 387 g/mol. The van der Waals surface area contributed by atoms with Gasteiger partial charge < -0.3 is 10.2 Å². The molecule has 0 atom stereocenters. The summed E-state index contributed by atoms with van der Waals surface area (Å²) in [5.74, 6) is -1.81. The summed E-state index contributed by atoms with van der Waals surface area (Å²) in [4.78, 5) is 26.0. The third kappa shape index (κ3) is 5.98. The average Bonchev–Trinajstić information content (AvgIpc) is 2.66. The van der Waals surface area contributed by atoms with E-state index < -0.39 is 11.8 Å². The molecule has 0 aromatic heterocycles. The Morgan fingerprint density at radius 3 is 2.33 bits per heavy atom. The molecule has 0 heterocycles. The van der Waals surface area contributed by atoms with Crippen molar-refractivity contribution in [2.45, 2.75) is 13.8 Å². The number of hydrogen-bond donors (Lipinski definition) is 2. The molecule has 8 heteroatoms. The fourth-order valence-corrected chi connectivity index (χ4v) is 2.69. The maximum atomic E-state index is 11.9. The molecule has 0 spiro atoms. The van der Waals surface area contributed by atoms with Gasteiger partial charge in [-0.05, 0) is 49.7 Å². The van der Waals surface area contributed by atoms with E-state index in [1.54, 1.807) is 6.07 Å². The first kappa shape index (κ1) is 20.7. The van der Waals surface area contributed by atoms with Crippen LogP contribution in [0.5, 0.6) is 0 Å². The van der Waals surface area contributed by atoms with Crippen LogP contribution in [-0.4, -0.2) is 31.1 Å². The predicted molar refractivity (Wildman–Crippen MR) is 111 cm³/mol. The summed E-state index contributed by atoms with van der Waals surface area (Å²) in [5.41, 5.74) is 4.33. The third-order valence-corrected chi connectivity index (χ3v) is 4.35. The first-order valence-electron chi connectivity index (χ1n) is 8.39. The lowest BCUT2D eigenvalue weighted by Gasteiger charge is -2.20. The van der Waals surface area contributed by atoms with Gasteiger partial charge in [0.1, 0.15) is 0 Å². The number of benzene rings is 2. The van der Waals surface area contributed by atoms with E-state index >= 15 is 0 Å². The van der Waals surface area contributed by atoms with Crippen molar-refractivity contribution in [2.75, 3.05) is 23.3 Å². The van der Waals surface area contributed by atoms with Crippen LogP contribution in [-0.2, 0) is 9.59 Å². The molecular formula is C19H20Cl2N4O2. The van der Waals surface area contributed by atoms with E-state index in [1.165, 1.54) is 18.3 Å². The molecule has 0 saturated carbocycles. The molecule has 2 aromatic carbocycles. The van der Waals surface area contributed by atoms with Crippen LogP contribution in [0.3, 0.4) is 0 Å². The Morgan fingerprint density at radius 2 is 1.70 bits per heavy atom. The summed E-state index contributed by atoms with van der Waals surface area (Å²) in [7, 11) is 0. The first-order valence-corrected chi connectivity index (χ1v) is 9.14. The highest BCUT2D eigenvalue weighted by molar-refractivity contribution is 6.42. The van der Waals surface area contributed by atoms with Gasteiger partial charge in [0, 0.05) is 23.8 Å². The highest BCUT2D eigenvalue weighted by Gasteiger charge is 2.14. The molecule has 2 amide bonds. The number of halogens is 2. The van der Waals surface area contributed by atoms with E-state index in [0.717, 1.165) is 24.3 Å². The van der Waals surface area contributed by atoms with E-state index in [4.69, 9.17) is 23.2 Å². The fourth-order valence-electron chi connectivity index (χ4n) is 2.35. The van der Waals surface area contributed by atoms with Crippen LogP contribution in [0.4, 0.5) is 11.4 Å². The second-order valence-electron chi connectivity index (χ2n) is 5.54. The molecule has 0 aliphatic heterocycles. The summed E-state index contributed by atoms with van der Waals surface area (Å²) in [6.07, 6.45) is 1.46. The number of rotatable bonds is 6. The van der Waals surface area contributed by atoms with E-state index in [0.29, 0.717) is 5.02 Å². The van der Waals surface area contributed by atoms with Crippen LogP contribution in [0.2, 0.25) is 10.0 Å². The average molecular weight is 407 g/mol. The molecule has 0 unspecified atom stereocenters. The first-order chi connectivity index (χ1) is 12.9. The van der Waals surface area contributed by atoms with Gasteiger partial charge >= 0.3 is 11.8 Å². The number of nitrogens with one attached hydrogen (secondary N) is 2. The van der Waals surface area contributed by atoms with Gasteiger partial charge in [-0.15, -0.1) is 0 Å². The monoisotopic (exact) mass is 406 g/mol. The van der Waals surface area contributed by atoms with Crippen molar-refractivity contribution in [3.05, 3.63) is 58.1 Å². The maximum Gasteiger partial charge on any atom is 0.329 e. The van der Waals surface area contributed by atoms with Crippen LogP contribution < -0.4 is 15.6 Å². The summed E-state index contributed by atoms with van der Waals surface area (Å²) in [6.45, 7) is 6.03. The standard InChI is InChI=1S/C19H20Cl2N4O2/c1-3-25(4-2)15-8-5-13(6-9-15)12-22-24-19(27)18(26)23-17-11-14(20)7-10-16(17)21/h5-12H,3-4H2,1-2H3,(H,23,26)(H,24,27)/b22-12+. The van der Waals surface area contributed by atoms with Crippen molar-refractivity contribution >= 4 is 52.6 Å². The maximum absolute atomic E-state index is 11.9. The summed E-state index contributed by atoms with van der Waals surface area (Å²) >= 11 is 11.8. The van der Waals surface area contributed by atoms with Gasteiger partial charge in [-0.1, -0.05) is 35.3 Å². The van der Waals surface area contributed by atoms with Crippen molar-refractivity contribution in [1.82, 2.24) is 5.43 Å². The van der Waals surface area contributed by atoms with Crippen molar-refractivity contribution in [3.8, 4) is 0 Å². The fraction of sp³-hybridized carbons (Fsp3) is 0.211. The summed E-state index contributed by atoms with van der Waals surface area (Å²) < 4.78 is 0. The summed E-state index contributed by atoms with van der Waals surface area (Å²) in [5, 5.41) is 6.85. The highest BCUT2D eigenvalue weighted by Crippen LogP contribution is 2.25. The zero-order valence-corrected chi connectivity index (χ0v) is 16.5. The lowest BCUT2D eigenvalue weighted by Crippen LogP contribution is -2.32. The number of carbonyl (C=O) groups excluding carboxylic acids is 2. The largest absolute Gasteiger partial charge is 0.372 e. The van der Waals surface area contributed by atoms with Gasteiger partial charge in [-0.2, -0.15) is 5.10 Å². The molecule has 0 bridgehead atoms. The Morgan fingerprint density at radius 1 is 1.04 bits per heavy atom. The van der Waals surface area contributed by atoms with Gasteiger partial charge in [-0.3, -0.25) is 9.59 Å². The molecule has 0 fully saturated rings. The van der Waals surface area contributed by atoms with Gasteiger partial charge in [-0.25, -0.2) is 5.43 Å². The molecule has 0 aliphatic carbocycles. The normalized spacial score (nSPS) is 10.7. The molecule has 2 N–H and O–H groups in total. The lowest BCUT2D eigenvalue weighted by molar-refractivity contribution is -0.136. The Hall–Kier alpha value is -2.57. The molecule has 2 aromatic rings. The molecule has 6 nitrogen and oxygen atoms in total. The second-order valence-corrected chi connectivity index (χ2v) is 6.38. The van der Waals surface area contributed by atoms with E-state index in [9.17, 15) is 9.59 Å². The number of carbonyl (C=O) groups is 2. The quantitative estimate of drug-likeness (QED) is 0.433. The van der Waals surface area contributed by atoms with E-state index in [-0.39, 0.29) is 10.7 Å². The zero-order chi connectivity index (χ0) is 19.8. The minimum atomic E-state index is -0.915. The highest BCUT2D eigenvalue weighted by atomic mass is 35.5. The number of hydrazone groups is 1. The number of hydrogen-bond acceptors (Lipinski definition) is 4. The van der Waals surface area contributed by atoms with Gasteiger partial charge in [0.2, 0.25) is 0 Å². The second kappa shape index (κ2) is 9.94. The Balaban J connectivity index is 1.92. The smallest absolute Gasteiger partial charge is 0.329 e. The molecule has 0 aliphatic rings. The van der Waals surface area contributed by atoms with Crippen molar-refractivity contribution in [2.24, 2.45) is 5.10 Å². The topological polar surface area (TPSA) is 73.8 Å². The SMILES string of the molecule is CCN(CC)c1ccc(/C=N/NC(=O)C(=O)Nc2cc(Cl)ccc2Cl)cc1. The minimum Gasteiger partial charge on any atom is -0.372 e. The third-order valence-electron chi connectivity index (χ3n) is 3.78. The van der Waals surface area contributed by atoms with E-state index in [2.05, 4.69) is 34.6 Å². The van der Waals surface area contributed by atoms with E-state index in [1.807, 2.05) is 24.3 Å². The molecule has 0 radical (unpaired) electrons. The lowest BCUT2D eigenvalue weighted by atomic mass is 10.2. The van der Waals surface area contributed by atoms with Gasteiger partial charge in [0.15, 0.2) is 0 Å². The Kier molecular flexibility index (Phi) is 7.64.